The van der Waals surface area contributed by atoms with Crippen molar-refractivity contribution >= 4 is 11.8 Å². The van der Waals surface area contributed by atoms with E-state index in [0.717, 1.165) is 11.3 Å². The van der Waals surface area contributed by atoms with Crippen molar-refractivity contribution in [1.82, 2.24) is 0 Å². The van der Waals surface area contributed by atoms with E-state index in [2.05, 4.69) is 11.6 Å². The second-order valence-corrected chi connectivity index (χ2v) is 2.94. The molecule has 0 heterocycles. The van der Waals surface area contributed by atoms with E-state index in [1.165, 1.54) is 6.08 Å². The molecule has 14 heavy (non-hydrogen) atoms. The molecule has 0 spiro atoms. The monoisotopic (exact) mass is 189 g/mol. The van der Waals surface area contributed by atoms with Gasteiger partial charge in [-0.15, -0.1) is 0 Å². The molecule has 1 aromatic carbocycles. The molecule has 0 atom stereocenters. The number of carbonyl (C=O) groups excluding carboxylic acids is 1. The molecule has 72 valence electrons. The van der Waals surface area contributed by atoms with Gasteiger partial charge in [-0.25, -0.2) is 4.79 Å². The van der Waals surface area contributed by atoms with E-state index in [-0.39, 0.29) is 0 Å². The highest BCUT2D eigenvalue weighted by atomic mass is 16.5. The van der Waals surface area contributed by atoms with Crippen LogP contribution >= 0.6 is 0 Å². The third-order valence-electron chi connectivity index (χ3n) is 1.50. The first-order valence-electron chi connectivity index (χ1n) is 4.17. The molecule has 1 rings (SSSR count). The van der Waals surface area contributed by atoms with Crippen molar-refractivity contribution in [1.29, 1.82) is 0 Å². The van der Waals surface area contributed by atoms with E-state index < -0.39 is 0 Å². The molecule has 0 aliphatic carbocycles. The van der Waals surface area contributed by atoms with Gasteiger partial charge in [0, 0.05) is 0 Å². The summed E-state index contributed by atoms with van der Waals surface area (Å²) in [6.07, 6.45) is 1.47. The number of rotatable bonds is 4. The van der Waals surface area contributed by atoms with Gasteiger partial charge in [0.05, 0.1) is 5.69 Å². The number of ether oxygens (including phenoxy) is 1. The van der Waals surface area contributed by atoms with E-state index in [4.69, 9.17) is 4.74 Å². The summed E-state index contributed by atoms with van der Waals surface area (Å²) in [5, 5.41) is 0. The summed E-state index contributed by atoms with van der Waals surface area (Å²) in [6, 6.07) is 6.88. The van der Waals surface area contributed by atoms with Crippen molar-refractivity contribution in [3.63, 3.8) is 0 Å². The van der Waals surface area contributed by atoms with Crippen molar-refractivity contribution in [3.8, 4) is 5.75 Å². The van der Waals surface area contributed by atoms with Crippen molar-refractivity contribution in [3.05, 3.63) is 36.4 Å². The summed E-state index contributed by atoms with van der Waals surface area (Å²) in [5.41, 5.74) is 1.53. The van der Waals surface area contributed by atoms with Crippen LogP contribution < -0.4 is 4.74 Å². The minimum atomic E-state index is 0.496. The topological polar surface area (TPSA) is 38.7 Å². The van der Waals surface area contributed by atoms with Crippen LogP contribution in [0.1, 0.15) is 6.92 Å². The molecule has 0 fully saturated rings. The van der Waals surface area contributed by atoms with Crippen molar-refractivity contribution in [2.75, 3.05) is 6.61 Å². The average molecular weight is 189 g/mol. The van der Waals surface area contributed by atoms with Crippen LogP contribution in [0.2, 0.25) is 0 Å². The molecule has 0 bridgehead atoms. The number of hydrogen-bond donors (Lipinski definition) is 0. The molecule has 0 aromatic heterocycles. The normalized spacial score (nSPS) is 8.93. The van der Waals surface area contributed by atoms with Gasteiger partial charge in [0.25, 0.3) is 0 Å². The quantitative estimate of drug-likeness (QED) is 0.415. The highest BCUT2D eigenvalue weighted by Gasteiger charge is 1.93. The predicted molar refractivity (Wildman–Crippen MR) is 54.5 cm³/mol. The van der Waals surface area contributed by atoms with E-state index in [1.54, 1.807) is 24.3 Å². The second-order valence-electron chi connectivity index (χ2n) is 2.94. The molecule has 0 amide bonds. The third kappa shape index (κ3) is 3.25. The fourth-order valence-electron chi connectivity index (χ4n) is 0.876. The molecule has 0 radical (unpaired) electrons. The number of isocyanates is 1. The van der Waals surface area contributed by atoms with Crippen molar-refractivity contribution in [2.45, 2.75) is 6.92 Å². The van der Waals surface area contributed by atoms with Crippen molar-refractivity contribution < 1.29 is 9.53 Å². The Bertz CT molecular complexity index is 361. The van der Waals surface area contributed by atoms with E-state index in [0.29, 0.717) is 12.3 Å². The van der Waals surface area contributed by atoms with Crippen LogP contribution in [0, 0.1) is 0 Å². The summed E-state index contributed by atoms with van der Waals surface area (Å²) in [5.74, 6) is 0.734. The summed E-state index contributed by atoms with van der Waals surface area (Å²) in [6.45, 7) is 6.11. The lowest BCUT2D eigenvalue weighted by atomic mass is 10.3. The minimum Gasteiger partial charge on any atom is -0.489 e. The highest BCUT2D eigenvalue weighted by molar-refractivity contribution is 5.50. The van der Waals surface area contributed by atoms with E-state index in [9.17, 15) is 4.79 Å². The van der Waals surface area contributed by atoms with Crippen LogP contribution in [-0.4, -0.2) is 12.7 Å². The molecular formula is C11H11NO2. The minimum absolute atomic E-state index is 0.496. The summed E-state index contributed by atoms with van der Waals surface area (Å²) in [7, 11) is 0. The van der Waals surface area contributed by atoms with Gasteiger partial charge in [-0.2, -0.15) is 4.99 Å². The maximum absolute atomic E-state index is 9.94. The Morgan fingerprint density at radius 3 is 2.64 bits per heavy atom. The average Bonchev–Trinajstić information content (AvgIpc) is 2.17. The SMILES string of the molecule is C=C(C)COc1ccc(N=C=O)cc1. The van der Waals surface area contributed by atoms with Gasteiger partial charge < -0.3 is 4.74 Å². The van der Waals surface area contributed by atoms with Crippen LogP contribution in [0.25, 0.3) is 0 Å². The van der Waals surface area contributed by atoms with Gasteiger partial charge >= 0.3 is 0 Å². The summed E-state index contributed by atoms with van der Waals surface area (Å²) in [4.78, 5) is 13.4. The van der Waals surface area contributed by atoms with E-state index in [1.807, 2.05) is 6.92 Å². The zero-order valence-corrected chi connectivity index (χ0v) is 7.99. The fourth-order valence-corrected chi connectivity index (χ4v) is 0.876. The van der Waals surface area contributed by atoms with Crippen LogP contribution in [0.15, 0.2) is 41.4 Å². The van der Waals surface area contributed by atoms with Gasteiger partial charge in [-0.3, -0.25) is 0 Å². The smallest absolute Gasteiger partial charge is 0.240 e. The van der Waals surface area contributed by atoms with Crippen LogP contribution in [0.4, 0.5) is 5.69 Å². The molecule has 0 aliphatic heterocycles. The molecule has 0 saturated carbocycles. The molecule has 0 aliphatic rings. The second kappa shape index (κ2) is 5.00. The van der Waals surface area contributed by atoms with Gasteiger partial charge in [0.1, 0.15) is 12.4 Å². The number of nitrogens with zero attached hydrogens (tertiary/aromatic N) is 1. The first-order valence-corrected chi connectivity index (χ1v) is 4.17. The van der Waals surface area contributed by atoms with Crippen LogP contribution in [-0.2, 0) is 4.79 Å². The number of benzene rings is 1. The largest absolute Gasteiger partial charge is 0.489 e. The van der Waals surface area contributed by atoms with Gasteiger partial charge in [-0.05, 0) is 36.8 Å². The van der Waals surface area contributed by atoms with E-state index >= 15 is 0 Å². The first-order chi connectivity index (χ1) is 6.72. The first kappa shape index (κ1) is 10.2. The zero-order chi connectivity index (χ0) is 10.4. The lowest BCUT2D eigenvalue weighted by molar-refractivity contribution is 0.353. The molecule has 0 saturated heterocycles. The van der Waals surface area contributed by atoms with Crippen LogP contribution in [0.5, 0.6) is 5.75 Å². The lowest BCUT2D eigenvalue weighted by Gasteiger charge is -2.04. The Morgan fingerprint density at radius 1 is 1.50 bits per heavy atom. The maximum atomic E-state index is 9.94. The number of aliphatic imine (C=N–C) groups is 1. The van der Waals surface area contributed by atoms with Gasteiger partial charge in [0.15, 0.2) is 0 Å². The summed E-state index contributed by atoms with van der Waals surface area (Å²) < 4.78 is 5.36. The fraction of sp³-hybridized carbons (Fsp3) is 0.182. The highest BCUT2D eigenvalue weighted by Crippen LogP contribution is 2.17. The summed E-state index contributed by atoms with van der Waals surface area (Å²) >= 11 is 0. The lowest BCUT2D eigenvalue weighted by Crippen LogP contribution is -1.96. The van der Waals surface area contributed by atoms with Crippen molar-refractivity contribution in [2.24, 2.45) is 4.99 Å². The Morgan fingerprint density at radius 2 is 2.14 bits per heavy atom. The zero-order valence-electron chi connectivity index (χ0n) is 7.99. The molecular weight excluding hydrogens is 178 g/mol. The molecule has 0 unspecified atom stereocenters. The predicted octanol–water partition coefficient (Wildman–Crippen LogP) is 2.61. The Labute approximate surface area is 82.7 Å². The maximum Gasteiger partial charge on any atom is 0.240 e. The third-order valence-corrected chi connectivity index (χ3v) is 1.50. The molecule has 3 nitrogen and oxygen atoms in total. The number of hydrogen-bond acceptors (Lipinski definition) is 3. The Kier molecular flexibility index (Phi) is 3.65. The van der Waals surface area contributed by atoms with Gasteiger partial charge in [0.2, 0.25) is 6.08 Å². The Balaban J connectivity index is 2.63. The molecule has 1 aromatic rings. The van der Waals surface area contributed by atoms with Gasteiger partial charge in [-0.1, -0.05) is 6.58 Å². The van der Waals surface area contributed by atoms with Crippen LogP contribution in [0.3, 0.4) is 0 Å². The molecule has 3 heteroatoms. The Hall–Kier alpha value is -1.86. The standard InChI is InChI=1S/C11H11NO2/c1-9(2)7-14-11-5-3-10(4-6-11)12-8-13/h3-6H,1,7H2,2H3. The molecule has 0 N–H and O–H groups in total.